The highest BCUT2D eigenvalue weighted by Crippen LogP contribution is 2.10. The third kappa shape index (κ3) is 7.49. The van der Waals surface area contributed by atoms with Crippen molar-refractivity contribution in [1.29, 1.82) is 0 Å². The van der Waals surface area contributed by atoms with Crippen molar-refractivity contribution >= 4 is 17.1 Å². The zero-order chi connectivity index (χ0) is 16.2. The van der Waals surface area contributed by atoms with Crippen molar-refractivity contribution < 1.29 is 19.0 Å². The van der Waals surface area contributed by atoms with Gasteiger partial charge >= 0.3 is 0 Å². The number of hydrogen-bond donors (Lipinski definition) is 0. The van der Waals surface area contributed by atoms with Gasteiger partial charge in [0, 0.05) is 17.6 Å². The molecule has 0 bridgehead atoms. The van der Waals surface area contributed by atoms with Crippen molar-refractivity contribution in [3.8, 4) is 0 Å². The van der Waals surface area contributed by atoms with E-state index < -0.39 is 0 Å². The number of thiazole rings is 1. The van der Waals surface area contributed by atoms with Crippen LogP contribution in [0.2, 0.25) is 0 Å². The van der Waals surface area contributed by atoms with Gasteiger partial charge in [0.25, 0.3) is 0 Å². The molecular weight excluding hydrogens is 302 g/mol. The highest BCUT2D eigenvalue weighted by molar-refractivity contribution is 7.07. The molecule has 5 nitrogen and oxygen atoms in total. The summed E-state index contributed by atoms with van der Waals surface area (Å²) in [6.45, 7) is 10.4. The van der Waals surface area contributed by atoms with Gasteiger partial charge in [-0.2, -0.15) is 0 Å². The lowest BCUT2D eigenvalue weighted by molar-refractivity contribution is 0.0274. The number of hydrogen-bond acceptors (Lipinski definition) is 6. The molecule has 1 heterocycles. The Hall–Kier alpha value is -1.50. The number of Topliss-reactive ketones (excluding diaryl/α,β-unsaturated/α-hetero) is 1. The molecule has 1 aromatic heterocycles. The third-order valence-electron chi connectivity index (χ3n) is 2.61. The molecule has 0 saturated carbocycles. The molecule has 1 rings (SSSR count). The summed E-state index contributed by atoms with van der Waals surface area (Å²) in [6, 6.07) is 0. The van der Waals surface area contributed by atoms with Crippen molar-refractivity contribution in [2.24, 2.45) is 0 Å². The van der Waals surface area contributed by atoms with Crippen LogP contribution in [0.15, 0.2) is 34.9 Å². The normalized spacial score (nSPS) is 11.5. The van der Waals surface area contributed by atoms with Gasteiger partial charge in [-0.05, 0) is 19.4 Å². The van der Waals surface area contributed by atoms with Crippen LogP contribution in [0.4, 0.5) is 0 Å². The van der Waals surface area contributed by atoms with Gasteiger partial charge < -0.3 is 14.2 Å². The molecule has 0 spiro atoms. The summed E-state index contributed by atoms with van der Waals surface area (Å²) in [7, 11) is 0. The number of carbonyl (C=O) groups is 1. The van der Waals surface area contributed by atoms with Crippen LogP contribution in [0.3, 0.4) is 0 Å². The molecule has 0 fully saturated rings. The van der Waals surface area contributed by atoms with Crippen LogP contribution in [0.5, 0.6) is 0 Å². The molecule has 0 N–H and O–H groups in total. The van der Waals surface area contributed by atoms with E-state index in [0.717, 1.165) is 13.0 Å². The Balaban J connectivity index is 2.17. The fourth-order valence-electron chi connectivity index (χ4n) is 1.57. The lowest BCUT2D eigenvalue weighted by atomic mass is 10.1. The standard InChI is InChI=1S/C16H23NO4S/c1-4-5-19-6-7-20-8-9-21-14(3)10-13(2)16(18)15-11-22-12-17-15/h10-12H,2,4-9H2,1,3H3/b14-10+. The third-order valence-corrected chi connectivity index (χ3v) is 3.20. The van der Waals surface area contributed by atoms with Crippen molar-refractivity contribution in [2.75, 3.05) is 33.0 Å². The minimum atomic E-state index is -0.187. The van der Waals surface area contributed by atoms with E-state index in [0.29, 0.717) is 43.5 Å². The van der Waals surface area contributed by atoms with E-state index in [1.54, 1.807) is 23.9 Å². The van der Waals surface area contributed by atoms with Crippen LogP contribution < -0.4 is 0 Å². The van der Waals surface area contributed by atoms with Gasteiger partial charge in [0.2, 0.25) is 5.78 Å². The Bertz CT molecular complexity index is 482. The second-order valence-corrected chi connectivity index (χ2v) is 5.27. The first kappa shape index (κ1) is 18.5. The minimum Gasteiger partial charge on any atom is -0.496 e. The average molecular weight is 325 g/mol. The number of ketones is 1. The summed E-state index contributed by atoms with van der Waals surface area (Å²) in [5, 5.41) is 1.70. The Kier molecular flexibility index (Phi) is 9.37. The molecule has 22 heavy (non-hydrogen) atoms. The Morgan fingerprint density at radius 2 is 1.95 bits per heavy atom. The minimum absolute atomic E-state index is 0.187. The molecule has 0 aromatic carbocycles. The van der Waals surface area contributed by atoms with Crippen molar-refractivity contribution in [3.05, 3.63) is 40.6 Å². The van der Waals surface area contributed by atoms with E-state index in [1.165, 1.54) is 11.3 Å². The summed E-state index contributed by atoms with van der Waals surface area (Å²) in [4.78, 5) is 15.9. The Morgan fingerprint density at radius 3 is 2.59 bits per heavy atom. The van der Waals surface area contributed by atoms with E-state index >= 15 is 0 Å². The predicted molar refractivity (Wildman–Crippen MR) is 87.2 cm³/mol. The monoisotopic (exact) mass is 325 g/mol. The van der Waals surface area contributed by atoms with E-state index in [9.17, 15) is 4.79 Å². The number of ether oxygens (including phenoxy) is 3. The molecule has 0 atom stereocenters. The fraction of sp³-hybridized carbons (Fsp3) is 0.500. The largest absolute Gasteiger partial charge is 0.496 e. The first-order valence-electron chi connectivity index (χ1n) is 7.23. The molecule has 122 valence electrons. The highest BCUT2D eigenvalue weighted by Gasteiger charge is 2.10. The van der Waals surface area contributed by atoms with E-state index in [4.69, 9.17) is 14.2 Å². The summed E-state index contributed by atoms with van der Waals surface area (Å²) in [6.07, 6.45) is 2.63. The SMILES string of the molecule is C=C(/C=C(\C)OCCOCCOCCC)C(=O)c1cscn1. The van der Waals surface area contributed by atoms with Gasteiger partial charge in [0.15, 0.2) is 0 Å². The zero-order valence-electron chi connectivity index (χ0n) is 13.2. The Morgan fingerprint density at radius 1 is 1.27 bits per heavy atom. The molecule has 0 radical (unpaired) electrons. The number of rotatable bonds is 12. The summed E-state index contributed by atoms with van der Waals surface area (Å²) in [5.41, 5.74) is 2.39. The molecular formula is C16H23NO4S. The first-order valence-corrected chi connectivity index (χ1v) is 8.17. The van der Waals surface area contributed by atoms with Crippen LogP contribution in [0, 0.1) is 0 Å². The van der Waals surface area contributed by atoms with Gasteiger partial charge in [-0.25, -0.2) is 4.98 Å². The number of nitrogens with zero attached hydrogens (tertiary/aromatic N) is 1. The predicted octanol–water partition coefficient (Wildman–Crippen LogP) is 3.25. The van der Waals surface area contributed by atoms with Crippen LogP contribution >= 0.6 is 11.3 Å². The molecule has 0 aliphatic heterocycles. The van der Waals surface area contributed by atoms with Gasteiger partial charge in [0.05, 0.1) is 31.1 Å². The quantitative estimate of drug-likeness (QED) is 0.194. The first-order chi connectivity index (χ1) is 10.6. The maximum Gasteiger partial charge on any atom is 0.211 e. The smallest absolute Gasteiger partial charge is 0.211 e. The highest BCUT2D eigenvalue weighted by atomic mass is 32.1. The average Bonchev–Trinajstić information content (AvgIpc) is 3.03. The molecule has 0 unspecified atom stereocenters. The molecule has 0 aliphatic carbocycles. The second-order valence-electron chi connectivity index (χ2n) is 4.56. The fourth-order valence-corrected chi connectivity index (χ4v) is 2.10. The molecule has 1 aromatic rings. The lowest BCUT2D eigenvalue weighted by Crippen LogP contribution is -2.09. The topological polar surface area (TPSA) is 57.7 Å². The number of allylic oxidation sites excluding steroid dienone is 3. The second kappa shape index (κ2) is 11.1. The van der Waals surface area contributed by atoms with Crippen LogP contribution in [-0.4, -0.2) is 43.8 Å². The van der Waals surface area contributed by atoms with Gasteiger partial charge in [-0.1, -0.05) is 13.5 Å². The Labute approximate surface area is 135 Å². The summed E-state index contributed by atoms with van der Waals surface area (Å²) < 4.78 is 16.1. The van der Waals surface area contributed by atoms with Crippen LogP contribution in [0.1, 0.15) is 30.8 Å². The van der Waals surface area contributed by atoms with Crippen molar-refractivity contribution in [2.45, 2.75) is 20.3 Å². The summed E-state index contributed by atoms with van der Waals surface area (Å²) >= 11 is 1.38. The van der Waals surface area contributed by atoms with Crippen LogP contribution in [0.25, 0.3) is 0 Å². The van der Waals surface area contributed by atoms with Crippen molar-refractivity contribution in [3.63, 3.8) is 0 Å². The van der Waals surface area contributed by atoms with Crippen LogP contribution in [-0.2, 0) is 14.2 Å². The van der Waals surface area contributed by atoms with E-state index in [-0.39, 0.29) is 5.78 Å². The maximum absolute atomic E-state index is 11.9. The molecule has 6 heteroatoms. The van der Waals surface area contributed by atoms with Crippen molar-refractivity contribution in [1.82, 2.24) is 4.98 Å². The number of aromatic nitrogens is 1. The molecule has 0 saturated heterocycles. The maximum atomic E-state index is 11.9. The van der Waals surface area contributed by atoms with Gasteiger partial charge in [-0.3, -0.25) is 4.79 Å². The molecule has 0 amide bonds. The van der Waals surface area contributed by atoms with Gasteiger partial charge in [0.1, 0.15) is 12.3 Å². The van der Waals surface area contributed by atoms with Gasteiger partial charge in [-0.15, -0.1) is 11.3 Å². The van der Waals surface area contributed by atoms with E-state index in [2.05, 4.69) is 18.5 Å². The zero-order valence-corrected chi connectivity index (χ0v) is 14.0. The van der Waals surface area contributed by atoms with E-state index in [1.807, 2.05) is 0 Å². The summed E-state index contributed by atoms with van der Waals surface area (Å²) in [5.74, 6) is 0.438. The lowest BCUT2D eigenvalue weighted by Gasteiger charge is -2.08. The number of carbonyl (C=O) groups excluding carboxylic acids is 1. The molecule has 0 aliphatic rings.